The van der Waals surface area contributed by atoms with Crippen molar-refractivity contribution in [3.05, 3.63) is 35.9 Å². The van der Waals surface area contributed by atoms with Crippen molar-refractivity contribution < 1.29 is 0 Å². The van der Waals surface area contributed by atoms with E-state index in [0.29, 0.717) is 0 Å². The summed E-state index contributed by atoms with van der Waals surface area (Å²) in [5.41, 5.74) is 7.74. The molecule has 1 rings (SSSR count). The number of nitrogens with two attached hydrogens (primary N) is 1. The van der Waals surface area contributed by atoms with E-state index in [0.717, 1.165) is 38.9 Å². The van der Waals surface area contributed by atoms with Gasteiger partial charge in [0.2, 0.25) is 0 Å². The summed E-state index contributed by atoms with van der Waals surface area (Å²) in [6.07, 6.45) is 5.87. The van der Waals surface area contributed by atoms with Crippen LogP contribution in [0.4, 0.5) is 0 Å². The van der Waals surface area contributed by atoms with E-state index in [1.165, 1.54) is 18.4 Å². The number of nitrogens with zero attached hydrogens (tertiary/aromatic N) is 1. The Labute approximate surface area is 125 Å². The minimum Gasteiger partial charge on any atom is -0.329 e. The maximum absolute atomic E-state index is 6.10. The Balaban J connectivity index is 2.58. The van der Waals surface area contributed by atoms with E-state index in [4.69, 9.17) is 5.73 Å². The van der Waals surface area contributed by atoms with Crippen molar-refractivity contribution >= 4 is 0 Å². The van der Waals surface area contributed by atoms with Crippen LogP contribution in [0.25, 0.3) is 0 Å². The Hall–Kier alpha value is -0.860. The van der Waals surface area contributed by atoms with Gasteiger partial charge < -0.3 is 5.73 Å². The molecular formula is C18H32N2. The number of benzene rings is 1. The quantitative estimate of drug-likeness (QED) is 0.703. The summed E-state index contributed by atoms with van der Waals surface area (Å²) in [5.74, 6) is 0. The second-order valence-corrected chi connectivity index (χ2v) is 5.71. The average molecular weight is 276 g/mol. The third-order valence-electron chi connectivity index (χ3n) is 4.60. The fourth-order valence-corrected chi connectivity index (χ4v) is 3.09. The van der Waals surface area contributed by atoms with Crippen LogP contribution in [0.1, 0.15) is 52.0 Å². The molecule has 0 atom stereocenters. The van der Waals surface area contributed by atoms with Crippen LogP contribution in [0.5, 0.6) is 0 Å². The van der Waals surface area contributed by atoms with E-state index >= 15 is 0 Å². The number of rotatable bonds is 10. The molecular weight excluding hydrogens is 244 g/mol. The summed E-state index contributed by atoms with van der Waals surface area (Å²) in [5, 5.41) is 0. The van der Waals surface area contributed by atoms with Crippen LogP contribution >= 0.6 is 0 Å². The molecule has 20 heavy (non-hydrogen) atoms. The molecule has 0 spiro atoms. The Morgan fingerprint density at radius 3 is 2.15 bits per heavy atom. The van der Waals surface area contributed by atoms with Gasteiger partial charge in [-0.25, -0.2) is 0 Å². The van der Waals surface area contributed by atoms with Crippen LogP contribution in [0.2, 0.25) is 0 Å². The highest BCUT2D eigenvalue weighted by molar-refractivity contribution is 5.14. The zero-order valence-electron chi connectivity index (χ0n) is 13.6. The van der Waals surface area contributed by atoms with Crippen LogP contribution in [0.15, 0.2) is 30.3 Å². The van der Waals surface area contributed by atoms with Crippen molar-refractivity contribution in [2.45, 2.75) is 58.4 Å². The third-order valence-corrected chi connectivity index (χ3v) is 4.60. The standard InChI is InChI=1S/C18H32N2/c1-4-14-20(18(5-2,6-3)16-19)15-10-13-17-11-8-7-9-12-17/h7-9,11-12H,4-6,10,13-16,19H2,1-3H3. The molecule has 0 aromatic heterocycles. The largest absolute Gasteiger partial charge is 0.329 e. The summed E-state index contributed by atoms with van der Waals surface area (Å²) in [6, 6.07) is 10.8. The minimum atomic E-state index is 0.201. The van der Waals surface area contributed by atoms with E-state index < -0.39 is 0 Å². The molecule has 0 amide bonds. The molecule has 0 aliphatic heterocycles. The molecule has 0 saturated carbocycles. The lowest BCUT2D eigenvalue weighted by atomic mass is 9.90. The van der Waals surface area contributed by atoms with Gasteiger partial charge in [0.05, 0.1) is 0 Å². The topological polar surface area (TPSA) is 29.3 Å². The molecule has 1 aromatic carbocycles. The lowest BCUT2D eigenvalue weighted by Crippen LogP contribution is -2.53. The van der Waals surface area contributed by atoms with Gasteiger partial charge in [-0.15, -0.1) is 0 Å². The maximum atomic E-state index is 6.10. The van der Waals surface area contributed by atoms with E-state index in [1.807, 2.05) is 0 Å². The van der Waals surface area contributed by atoms with Gasteiger partial charge in [0, 0.05) is 12.1 Å². The van der Waals surface area contributed by atoms with Gasteiger partial charge in [-0.1, -0.05) is 51.1 Å². The van der Waals surface area contributed by atoms with Crippen molar-refractivity contribution in [2.75, 3.05) is 19.6 Å². The molecule has 0 heterocycles. The normalized spacial score (nSPS) is 12.1. The van der Waals surface area contributed by atoms with Crippen molar-refractivity contribution in [3.63, 3.8) is 0 Å². The smallest absolute Gasteiger partial charge is 0.0326 e. The highest BCUT2D eigenvalue weighted by Crippen LogP contribution is 2.23. The van der Waals surface area contributed by atoms with Crippen molar-refractivity contribution in [3.8, 4) is 0 Å². The Morgan fingerprint density at radius 2 is 1.65 bits per heavy atom. The second kappa shape index (κ2) is 9.15. The first-order chi connectivity index (χ1) is 9.72. The molecule has 2 N–H and O–H groups in total. The van der Waals surface area contributed by atoms with E-state index in [1.54, 1.807) is 0 Å². The molecule has 0 aliphatic carbocycles. The van der Waals surface area contributed by atoms with Crippen LogP contribution in [-0.4, -0.2) is 30.1 Å². The number of hydrogen-bond donors (Lipinski definition) is 1. The van der Waals surface area contributed by atoms with Gasteiger partial charge in [-0.3, -0.25) is 4.90 Å². The molecule has 114 valence electrons. The number of aryl methyl sites for hydroxylation is 1. The molecule has 0 fully saturated rings. The zero-order valence-corrected chi connectivity index (χ0v) is 13.6. The van der Waals surface area contributed by atoms with E-state index in [2.05, 4.69) is 56.0 Å². The number of hydrogen-bond acceptors (Lipinski definition) is 2. The fraction of sp³-hybridized carbons (Fsp3) is 0.667. The lowest BCUT2D eigenvalue weighted by Gasteiger charge is -2.42. The molecule has 1 aromatic rings. The summed E-state index contributed by atoms with van der Waals surface area (Å²) in [6.45, 7) is 9.89. The van der Waals surface area contributed by atoms with Crippen molar-refractivity contribution in [2.24, 2.45) is 5.73 Å². The first kappa shape index (κ1) is 17.2. The first-order valence-corrected chi connectivity index (χ1v) is 8.21. The fourth-order valence-electron chi connectivity index (χ4n) is 3.09. The molecule has 0 saturated heterocycles. The van der Waals surface area contributed by atoms with Gasteiger partial charge in [0.1, 0.15) is 0 Å². The summed E-state index contributed by atoms with van der Waals surface area (Å²) in [7, 11) is 0. The molecule has 0 unspecified atom stereocenters. The summed E-state index contributed by atoms with van der Waals surface area (Å²) < 4.78 is 0. The van der Waals surface area contributed by atoms with Gasteiger partial charge in [-0.2, -0.15) is 0 Å². The predicted octanol–water partition coefficient (Wildman–Crippen LogP) is 3.85. The first-order valence-electron chi connectivity index (χ1n) is 8.21. The lowest BCUT2D eigenvalue weighted by molar-refractivity contribution is 0.0833. The van der Waals surface area contributed by atoms with E-state index in [-0.39, 0.29) is 5.54 Å². The molecule has 0 bridgehead atoms. The average Bonchev–Trinajstić information content (AvgIpc) is 2.50. The zero-order chi connectivity index (χ0) is 14.8. The predicted molar refractivity (Wildman–Crippen MR) is 89.0 cm³/mol. The van der Waals surface area contributed by atoms with Crippen LogP contribution < -0.4 is 5.73 Å². The SMILES string of the molecule is CCCN(CCCc1ccccc1)C(CC)(CC)CN. The minimum absolute atomic E-state index is 0.201. The van der Waals surface area contributed by atoms with Crippen molar-refractivity contribution in [1.29, 1.82) is 0 Å². The second-order valence-electron chi connectivity index (χ2n) is 5.71. The van der Waals surface area contributed by atoms with Gasteiger partial charge >= 0.3 is 0 Å². The Bertz CT molecular complexity index is 335. The van der Waals surface area contributed by atoms with E-state index in [9.17, 15) is 0 Å². The van der Waals surface area contributed by atoms with Crippen molar-refractivity contribution in [1.82, 2.24) is 4.90 Å². The highest BCUT2D eigenvalue weighted by atomic mass is 15.2. The molecule has 0 radical (unpaired) electrons. The Morgan fingerprint density at radius 1 is 1.00 bits per heavy atom. The van der Waals surface area contributed by atoms with Crippen LogP contribution in [-0.2, 0) is 6.42 Å². The summed E-state index contributed by atoms with van der Waals surface area (Å²) >= 11 is 0. The molecule has 2 heteroatoms. The van der Waals surface area contributed by atoms with Gasteiger partial charge in [0.15, 0.2) is 0 Å². The van der Waals surface area contributed by atoms with Crippen LogP contribution in [0, 0.1) is 0 Å². The van der Waals surface area contributed by atoms with Crippen LogP contribution in [0.3, 0.4) is 0 Å². The maximum Gasteiger partial charge on any atom is 0.0326 e. The molecule has 2 nitrogen and oxygen atoms in total. The Kier molecular flexibility index (Phi) is 7.86. The van der Waals surface area contributed by atoms with Gasteiger partial charge in [-0.05, 0) is 50.8 Å². The van der Waals surface area contributed by atoms with Gasteiger partial charge in [0.25, 0.3) is 0 Å². The summed E-state index contributed by atoms with van der Waals surface area (Å²) in [4.78, 5) is 2.63. The molecule has 0 aliphatic rings. The third kappa shape index (κ3) is 4.60. The monoisotopic (exact) mass is 276 g/mol. The highest BCUT2D eigenvalue weighted by Gasteiger charge is 2.30.